The van der Waals surface area contributed by atoms with Gasteiger partial charge in [0.05, 0.1) is 37.1 Å². The van der Waals surface area contributed by atoms with Gasteiger partial charge in [-0.2, -0.15) is 0 Å². The molecule has 1 spiro atoms. The Hall–Kier alpha value is -2.91. The molecule has 2 aromatic rings. The molecule has 3 aliphatic heterocycles. The predicted octanol–water partition coefficient (Wildman–Crippen LogP) is 2.28. The number of methoxy groups -OCH3 is 1. The van der Waals surface area contributed by atoms with Crippen LogP contribution in [0.1, 0.15) is 36.5 Å². The lowest BCUT2D eigenvalue weighted by molar-refractivity contribution is -0.169. The molecule has 34 heavy (non-hydrogen) atoms. The number of amides is 2. The lowest BCUT2D eigenvalue weighted by atomic mass is 9.99. The molecule has 4 heterocycles. The van der Waals surface area contributed by atoms with Crippen molar-refractivity contribution in [3.05, 3.63) is 30.0 Å². The molecule has 0 bridgehead atoms. The Labute approximate surface area is 199 Å². The van der Waals surface area contributed by atoms with Gasteiger partial charge in [-0.3, -0.25) is 14.6 Å². The Balaban J connectivity index is 1.46. The summed E-state index contributed by atoms with van der Waals surface area (Å²) in [5, 5.41) is 0.897. The first-order valence-corrected chi connectivity index (χ1v) is 12.1. The summed E-state index contributed by atoms with van der Waals surface area (Å²) >= 11 is 0. The second kappa shape index (κ2) is 9.38. The van der Waals surface area contributed by atoms with Crippen LogP contribution in [0.2, 0.25) is 0 Å². The maximum atomic E-state index is 13.7. The van der Waals surface area contributed by atoms with Crippen LogP contribution in [0.15, 0.2) is 24.4 Å². The first-order valence-electron chi connectivity index (χ1n) is 12.1. The topological polar surface area (TPSA) is 84.4 Å². The maximum Gasteiger partial charge on any atom is 0.257 e. The average molecular weight is 469 g/mol. The van der Waals surface area contributed by atoms with E-state index in [1.165, 1.54) is 0 Å². The van der Waals surface area contributed by atoms with Crippen LogP contribution in [-0.2, 0) is 14.3 Å². The quantitative estimate of drug-likeness (QED) is 0.681. The van der Waals surface area contributed by atoms with Crippen molar-refractivity contribution >= 4 is 28.4 Å². The molecule has 0 unspecified atom stereocenters. The summed E-state index contributed by atoms with van der Waals surface area (Å²) in [6.07, 6.45) is 3.67. The predicted molar refractivity (Wildman–Crippen MR) is 127 cm³/mol. The van der Waals surface area contributed by atoms with Crippen molar-refractivity contribution in [2.45, 2.75) is 32.0 Å². The van der Waals surface area contributed by atoms with E-state index in [1.54, 1.807) is 13.3 Å². The van der Waals surface area contributed by atoms with Crippen molar-refractivity contribution in [1.29, 1.82) is 0 Å². The highest BCUT2D eigenvalue weighted by atomic mass is 16.7. The summed E-state index contributed by atoms with van der Waals surface area (Å²) in [5.74, 6) is 0.307. The molecule has 5 rings (SSSR count). The minimum absolute atomic E-state index is 0.0514. The summed E-state index contributed by atoms with van der Waals surface area (Å²) in [5.41, 5.74) is 2.29. The van der Waals surface area contributed by atoms with Crippen molar-refractivity contribution in [3.8, 4) is 5.75 Å². The van der Waals surface area contributed by atoms with Gasteiger partial charge >= 0.3 is 0 Å². The Morgan fingerprint density at radius 1 is 1.03 bits per heavy atom. The van der Waals surface area contributed by atoms with Gasteiger partial charge in [-0.1, -0.05) is 6.92 Å². The normalized spacial score (nSPS) is 20.2. The first kappa shape index (κ1) is 22.9. The molecule has 1 aromatic carbocycles. The molecule has 9 nitrogen and oxygen atoms in total. The van der Waals surface area contributed by atoms with Crippen LogP contribution in [0.4, 0.5) is 5.69 Å². The van der Waals surface area contributed by atoms with Gasteiger partial charge < -0.3 is 28.9 Å². The maximum absolute atomic E-state index is 13.7. The number of carbonyl (C=O) groups is 2. The number of carbonyl (C=O) groups excluding carboxylic acids is 2. The fraction of sp³-hybridized carbons (Fsp3) is 0.560. The second-order valence-electron chi connectivity index (χ2n) is 9.02. The fourth-order valence-corrected chi connectivity index (χ4v) is 5.19. The number of pyridine rings is 1. The fourth-order valence-electron chi connectivity index (χ4n) is 5.19. The van der Waals surface area contributed by atoms with Crippen molar-refractivity contribution in [2.24, 2.45) is 0 Å². The SMILES string of the molecule is CCC(=O)N1CCN(C(=O)c2cnc3ccc(OC)cc3c2N2CCC3(CC2)OCCO3)CC1. The Kier molecular flexibility index (Phi) is 6.31. The van der Waals surface area contributed by atoms with Crippen LogP contribution >= 0.6 is 0 Å². The zero-order valence-electron chi connectivity index (χ0n) is 19.9. The zero-order chi connectivity index (χ0) is 23.7. The molecule has 0 aliphatic carbocycles. The second-order valence-corrected chi connectivity index (χ2v) is 9.02. The van der Waals surface area contributed by atoms with Crippen LogP contribution in [0.25, 0.3) is 10.9 Å². The van der Waals surface area contributed by atoms with Crippen LogP contribution in [0.3, 0.4) is 0 Å². The van der Waals surface area contributed by atoms with E-state index in [0.29, 0.717) is 51.4 Å². The van der Waals surface area contributed by atoms with Gasteiger partial charge in [0.1, 0.15) is 5.75 Å². The van der Waals surface area contributed by atoms with E-state index in [2.05, 4.69) is 9.88 Å². The molecule has 0 atom stereocenters. The number of fused-ring (bicyclic) bond motifs is 1. The number of nitrogens with zero attached hydrogens (tertiary/aromatic N) is 4. The number of hydrogen-bond acceptors (Lipinski definition) is 7. The minimum atomic E-state index is -0.497. The van der Waals surface area contributed by atoms with Crippen molar-refractivity contribution in [2.75, 3.05) is 64.5 Å². The van der Waals surface area contributed by atoms with Crippen LogP contribution < -0.4 is 9.64 Å². The van der Waals surface area contributed by atoms with E-state index in [-0.39, 0.29) is 11.8 Å². The molecule has 0 saturated carbocycles. The Morgan fingerprint density at radius 2 is 1.71 bits per heavy atom. The molecule has 3 saturated heterocycles. The zero-order valence-corrected chi connectivity index (χ0v) is 19.9. The molecule has 3 fully saturated rings. The highest BCUT2D eigenvalue weighted by Crippen LogP contribution is 2.38. The molecule has 9 heteroatoms. The van der Waals surface area contributed by atoms with E-state index < -0.39 is 5.79 Å². The number of anilines is 1. The summed E-state index contributed by atoms with van der Waals surface area (Å²) in [4.78, 5) is 36.3. The van der Waals surface area contributed by atoms with Gasteiger partial charge in [0, 0.05) is 70.1 Å². The van der Waals surface area contributed by atoms with Crippen LogP contribution in [0, 0.1) is 0 Å². The summed E-state index contributed by atoms with van der Waals surface area (Å²) in [6.45, 7) is 6.72. The van der Waals surface area contributed by atoms with Gasteiger partial charge in [0.15, 0.2) is 5.79 Å². The van der Waals surface area contributed by atoms with E-state index in [4.69, 9.17) is 14.2 Å². The Morgan fingerprint density at radius 3 is 2.35 bits per heavy atom. The van der Waals surface area contributed by atoms with Crippen molar-refractivity contribution in [1.82, 2.24) is 14.8 Å². The third-order valence-corrected chi connectivity index (χ3v) is 7.15. The molecule has 182 valence electrons. The lowest BCUT2D eigenvalue weighted by Crippen LogP contribution is -2.51. The first-order chi connectivity index (χ1) is 16.5. The van der Waals surface area contributed by atoms with Gasteiger partial charge in [-0.05, 0) is 18.2 Å². The van der Waals surface area contributed by atoms with Crippen molar-refractivity contribution < 1.29 is 23.8 Å². The minimum Gasteiger partial charge on any atom is -0.497 e. The highest BCUT2D eigenvalue weighted by Gasteiger charge is 2.41. The standard InChI is InChI=1S/C25H32N4O5/c1-3-22(30)27-10-12-29(13-11-27)24(31)20-17-26-21-5-4-18(32-2)16-19(21)23(20)28-8-6-25(7-9-28)33-14-15-34-25/h4-5,16-17H,3,6-15H2,1-2H3. The highest BCUT2D eigenvalue weighted by molar-refractivity contribution is 6.07. The smallest absolute Gasteiger partial charge is 0.257 e. The monoisotopic (exact) mass is 468 g/mol. The molecule has 0 radical (unpaired) electrons. The molecule has 1 aromatic heterocycles. The summed E-state index contributed by atoms with van der Waals surface area (Å²) < 4.78 is 17.3. The number of hydrogen-bond donors (Lipinski definition) is 0. The lowest BCUT2D eigenvalue weighted by Gasteiger charge is -2.40. The molecule has 0 N–H and O–H groups in total. The van der Waals surface area contributed by atoms with E-state index >= 15 is 0 Å². The number of benzene rings is 1. The number of rotatable bonds is 4. The van der Waals surface area contributed by atoms with E-state index in [1.807, 2.05) is 34.9 Å². The third-order valence-electron chi connectivity index (χ3n) is 7.15. The molecular weight excluding hydrogens is 436 g/mol. The third kappa shape index (κ3) is 4.18. The number of piperazine rings is 1. The van der Waals surface area contributed by atoms with Gasteiger partial charge in [-0.25, -0.2) is 0 Å². The molecule has 2 amide bonds. The number of ether oxygens (including phenoxy) is 3. The largest absolute Gasteiger partial charge is 0.497 e. The van der Waals surface area contributed by atoms with Gasteiger partial charge in [0.2, 0.25) is 5.91 Å². The molecule has 3 aliphatic rings. The van der Waals surface area contributed by atoms with Gasteiger partial charge in [-0.15, -0.1) is 0 Å². The summed E-state index contributed by atoms with van der Waals surface area (Å²) in [6, 6.07) is 5.77. The number of piperidine rings is 1. The van der Waals surface area contributed by atoms with E-state index in [9.17, 15) is 9.59 Å². The number of aromatic nitrogens is 1. The van der Waals surface area contributed by atoms with Crippen LogP contribution in [-0.4, -0.2) is 92.0 Å². The average Bonchev–Trinajstić information content (AvgIpc) is 3.35. The van der Waals surface area contributed by atoms with Crippen LogP contribution in [0.5, 0.6) is 5.75 Å². The Bertz CT molecular complexity index is 1070. The molecular formula is C25H32N4O5. The van der Waals surface area contributed by atoms with E-state index in [0.717, 1.165) is 48.3 Å². The van der Waals surface area contributed by atoms with Crippen molar-refractivity contribution in [3.63, 3.8) is 0 Å². The summed E-state index contributed by atoms with van der Waals surface area (Å²) in [7, 11) is 1.64. The van der Waals surface area contributed by atoms with Gasteiger partial charge in [0.25, 0.3) is 5.91 Å².